The number of ether oxygens (including phenoxy) is 2. The van der Waals surface area contributed by atoms with Crippen molar-refractivity contribution >= 4 is 5.91 Å². The molecule has 5 heteroatoms. The normalized spacial score (nSPS) is 17.9. The molecule has 1 heterocycles. The number of amides is 1. The SMILES string of the molecule is NCC1(CNC(=O)c2ccccc2)OCCO1. The van der Waals surface area contributed by atoms with Gasteiger partial charge < -0.3 is 20.5 Å². The Kier molecular flexibility index (Phi) is 3.73. The van der Waals surface area contributed by atoms with E-state index >= 15 is 0 Å². The van der Waals surface area contributed by atoms with Gasteiger partial charge >= 0.3 is 0 Å². The molecule has 1 aromatic carbocycles. The average molecular weight is 236 g/mol. The van der Waals surface area contributed by atoms with Gasteiger partial charge in [-0.2, -0.15) is 0 Å². The first-order valence-corrected chi connectivity index (χ1v) is 5.57. The highest BCUT2D eigenvalue weighted by atomic mass is 16.7. The van der Waals surface area contributed by atoms with E-state index in [0.29, 0.717) is 18.8 Å². The summed E-state index contributed by atoms with van der Waals surface area (Å²) in [6, 6.07) is 9.00. The minimum absolute atomic E-state index is 0.155. The average Bonchev–Trinajstić information content (AvgIpc) is 2.86. The Bertz CT molecular complexity index is 375. The fourth-order valence-electron chi connectivity index (χ4n) is 1.70. The van der Waals surface area contributed by atoms with Crippen LogP contribution in [0.1, 0.15) is 10.4 Å². The Balaban J connectivity index is 1.92. The molecule has 1 aliphatic rings. The van der Waals surface area contributed by atoms with Crippen molar-refractivity contribution in [2.45, 2.75) is 5.79 Å². The van der Waals surface area contributed by atoms with Crippen LogP contribution in [0.25, 0.3) is 0 Å². The van der Waals surface area contributed by atoms with Gasteiger partial charge in [-0.25, -0.2) is 0 Å². The number of carbonyl (C=O) groups excluding carboxylic acids is 1. The van der Waals surface area contributed by atoms with Gasteiger partial charge in [0.1, 0.15) is 0 Å². The Morgan fingerprint density at radius 3 is 2.53 bits per heavy atom. The first-order chi connectivity index (χ1) is 8.26. The van der Waals surface area contributed by atoms with Gasteiger partial charge in [-0.3, -0.25) is 4.79 Å². The van der Waals surface area contributed by atoms with Crippen molar-refractivity contribution in [1.29, 1.82) is 0 Å². The molecule has 0 aromatic heterocycles. The Morgan fingerprint density at radius 1 is 1.29 bits per heavy atom. The lowest BCUT2D eigenvalue weighted by atomic mass is 10.2. The largest absolute Gasteiger partial charge is 0.347 e. The zero-order valence-electron chi connectivity index (χ0n) is 9.52. The minimum atomic E-state index is -0.857. The van der Waals surface area contributed by atoms with Gasteiger partial charge in [0.25, 0.3) is 5.91 Å². The first-order valence-electron chi connectivity index (χ1n) is 5.57. The third-order valence-electron chi connectivity index (χ3n) is 2.68. The Hall–Kier alpha value is -1.43. The van der Waals surface area contributed by atoms with Crippen molar-refractivity contribution in [3.05, 3.63) is 35.9 Å². The lowest BCUT2D eigenvalue weighted by Crippen LogP contribution is -2.49. The van der Waals surface area contributed by atoms with Crippen LogP contribution in [-0.2, 0) is 9.47 Å². The molecule has 5 nitrogen and oxygen atoms in total. The number of rotatable bonds is 4. The molecule has 2 rings (SSSR count). The summed E-state index contributed by atoms with van der Waals surface area (Å²) in [5, 5.41) is 2.76. The molecule has 0 unspecified atom stereocenters. The molecule has 1 aromatic rings. The lowest BCUT2D eigenvalue weighted by Gasteiger charge is -2.25. The van der Waals surface area contributed by atoms with E-state index in [-0.39, 0.29) is 19.0 Å². The monoisotopic (exact) mass is 236 g/mol. The summed E-state index contributed by atoms with van der Waals surface area (Å²) >= 11 is 0. The second-order valence-corrected chi connectivity index (χ2v) is 3.86. The van der Waals surface area contributed by atoms with Gasteiger partial charge in [-0.15, -0.1) is 0 Å². The molecule has 0 spiro atoms. The molecule has 0 saturated carbocycles. The summed E-state index contributed by atoms with van der Waals surface area (Å²) in [5.74, 6) is -1.01. The standard InChI is InChI=1S/C12H16N2O3/c13-8-12(16-6-7-17-12)9-14-11(15)10-4-2-1-3-5-10/h1-5H,6-9,13H2,(H,14,15). The fourth-order valence-corrected chi connectivity index (χ4v) is 1.70. The molecule has 3 N–H and O–H groups in total. The van der Waals surface area contributed by atoms with Gasteiger partial charge in [0.15, 0.2) is 5.79 Å². The lowest BCUT2D eigenvalue weighted by molar-refractivity contribution is -0.143. The van der Waals surface area contributed by atoms with E-state index in [4.69, 9.17) is 15.2 Å². The molecular weight excluding hydrogens is 220 g/mol. The predicted molar refractivity (Wildman–Crippen MR) is 62.5 cm³/mol. The third kappa shape index (κ3) is 2.82. The number of nitrogens with one attached hydrogen (secondary N) is 1. The minimum Gasteiger partial charge on any atom is -0.347 e. The van der Waals surface area contributed by atoms with E-state index in [1.165, 1.54) is 0 Å². The summed E-state index contributed by atoms with van der Waals surface area (Å²) in [4.78, 5) is 11.8. The van der Waals surface area contributed by atoms with Crippen molar-refractivity contribution < 1.29 is 14.3 Å². The van der Waals surface area contributed by atoms with Crippen molar-refractivity contribution in [2.75, 3.05) is 26.3 Å². The van der Waals surface area contributed by atoms with E-state index in [1.54, 1.807) is 12.1 Å². The van der Waals surface area contributed by atoms with Gasteiger partial charge in [0.05, 0.1) is 19.8 Å². The van der Waals surface area contributed by atoms with Crippen LogP contribution in [0.3, 0.4) is 0 Å². The van der Waals surface area contributed by atoms with Gasteiger partial charge in [-0.1, -0.05) is 18.2 Å². The summed E-state index contributed by atoms with van der Waals surface area (Å²) in [5.41, 5.74) is 6.20. The molecular formula is C12H16N2O3. The first kappa shape index (κ1) is 12.0. The quantitative estimate of drug-likeness (QED) is 0.778. The van der Waals surface area contributed by atoms with Crippen LogP contribution in [0.15, 0.2) is 30.3 Å². The fraction of sp³-hybridized carbons (Fsp3) is 0.417. The second kappa shape index (κ2) is 5.27. The highest BCUT2D eigenvalue weighted by Gasteiger charge is 2.35. The topological polar surface area (TPSA) is 73.6 Å². The summed E-state index contributed by atoms with van der Waals surface area (Å²) in [6.45, 7) is 1.51. The summed E-state index contributed by atoms with van der Waals surface area (Å²) in [7, 11) is 0. The molecule has 0 atom stereocenters. The smallest absolute Gasteiger partial charge is 0.251 e. The second-order valence-electron chi connectivity index (χ2n) is 3.86. The molecule has 1 fully saturated rings. The molecule has 17 heavy (non-hydrogen) atoms. The highest BCUT2D eigenvalue weighted by Crippen LogP contribution is 2.16. The maximum absolute atomic E-state index is 11.8. The van der Waals surface area contributed by atoms with Crippen LogP contribution in [0.5, 0.6) is 0 Å². The molecule has 0 radical (unpaired) electrons. The van der Waals surface area contributed by atoms with Crippen molar-refractivity contribution in [3.8, 4) is 0 Å². The van der Waals surface area contributed by atoms with Crippen LogP contribution in [0.2, 0.25) is 0 Å². The van der Waals surface area contributed by atoms with Crippen LogP contribution in [0, 0.1) is 0 Å². The maximum Gasteiger partial charge on any atom is 0.251 e. The molecule has 1 saturated heterocycles. The van der Waals surface area contributed by atoms with Crippen LogP contribution in [0.4, 0.5) is 0 Å². The predicted octanol–water partition coefficient (Wildman–Crippen LogP) is 0.118. The van der Waals surface area contributed by atoms with Gasteiger partial charge in [0, 0.05) is 12.1 Å². The number of benzene rings is 1. The molecule has 0 aliphatic carbocycles. The van der Waals surface area contributed by atoms with Gasteiger partial charge in [0.2, 0.25) is 0 Å². The summed E-state index contributed by atoms with van der Waals surface area (Å²) in [6.07, 6.45) is 0. The zero-order valence-corrected chi connectivity index (χ0v) is 9.52. The van der Waals surface area contributed by atoms with E-state index in [9.17, 15) is 4.79 Å². The summed E-state index contributed by atoms with van der Waals surface area (Å²) < 4.78 is 10.8. The number of nitrogens with two attached hydrogens (primary N) is 1. The van der Waals surface area contributed by atoms with E-state index < -0.39 is 5.79 Å². The number of hydrogen-bond donors (Lipinski definition) is 2. The van der Waals surface area contributed by atoms with Crippen molar-refractivity contribution in [2.24, 2.45) is 5.73 Å². The molecule has 1 aliphatic heterocycles. The van der Waals surface area contributed by atoms with Gasteiger partial charge in [-0.05, 0) is 12.1 Å². The maximum atomic E-state index is 11.8. The zero-order chi connectivity index (χ0) is 12.1. The highest BCUT2D eigenvalue weighted by molar-refractivity contribution is 5.94. The van der Waals surface area contributed by atoms with Crippen LogP contribution >= 0.6 is 0 Å². The molecule has 1 amide bonds. The number of carbonyl (C=O) groups is 1. The molecule has 0 bridgehead atoms. The van der Waals surface area contributed by atoms with Crippen LogP contribution in [-0.4, -0.2) is 38.0 Å². The molecule has 92 valence electrons. The van der Waals surface area contributed by atoms with Crippen molar-refractivity contribution in [3.63, 3.8) is 0 Å². The van der Waals surface area contributed by atoms with E-state index in [0.717, 1.165) is 0 Å². The third-order valence-corrected chi connectivity index (χ3v) is 2.68. The van der Waals surface area contributed by atoms with E-state index in [1.807, 2.05) is 18.2 Å². The van der Waals surface area contributed by atoms with Crippen LogP contribution < -0.4 is 11.1 Å². The number of hydrogen-bond acceptors (Lipinski definition) is 4. The Morgan fingerprint density at radius 2 is 1.94 bits per heavy atom. The van der Waals surface area contributed by atoms with Crippen molar-refractivity contribution in [1.82, 2.24) is 5.32 Å². The van der Waals surface area contributed by atoms with E-state index in [2.05, 4.69) is 5.32 Å². The Labute approximate surface area is 99.9 Å².